The number of aromatic amines is 2. The molecule has 6 nitrogen and oxygen atoms in total. The van der Waals surface area contributed by atoms with Crippen molar-refractivity contribution in [2.45, 2.75) is 6.92 Å². The van der Waals surface area contributed by atoms with E-state index in [1.807, 2.05) is 42.8 Å². The van der Waals surface area contributed by atoms with Gasteiger partial charge in [-0.25, -0.2) is 4.79 Å². The van der Waals surface area contributed by atoms with Crippen LogP contribution in [0.15, 0.2) is 29.1 Å². The number of para-hydroxylation sites is 1. The van der Waals surface area contributed by atoms with Gasteiger partial charge in [-0.15, -0.1) is 0 Å². The minimum Gasteiger partial charge on any atom is -0.477 e. The lowest BCUT2D eigenvalue weighted by Crippen LogP contribution is -2.06. The number of hydrogen-bond donors (Lipinski definition) is 3. The summed E-state index contributed by atoms with van der Waals surface area (Å²) in [6.07, 6.45) is 0. The van der Waals surface area contributed by atoms with E-state index in [1.165, 1.54) is 0 Å². The molecule has 0 aliphatic rings. The van der Waals surface area contributed by atoms with Crippen molar-refractivity contribution in [2.75, 3.05) is 0 Å². The molecule has 0 saturated heterocycles. The maximum Gasteiger partial charge on any atom is 0.354 e. The van der Waals surface area contributed by atoms with Crippen molar-refractivity contribution in [3.63, 3.8) is 0 Å². The van der Waals surface area contributed by atoms with Gasteiger partial charge in [0.15, 0.2) is 5.69 Å². The highest BCUT2D eigenvalue weighted by molar-refractivity contribution is 6.03. The van der Waals surface area contributed by atoms with Gasteiger partial charge in [0.2, 0.25) is 0 Å². The maximum absolute atomic E-state index is 12.0. The zero-order chi connectivity index (χ0) is 14.4. The van der Waals surface area contributed by atoms with E-state index in [0.717, 1.165) is 16.6 Å². The smallest absolute Gasteiger partial charge is 0.354 e. The number of rotatable bonds is 2. The molecule has 0 atom stereocenters. The van der Waals surface area contributed by atoms with Crippen LogP contribution in [0.1, 0.15) is 16.2 Å². The Hall–Kier alpha value is -2.76. The number of nitrogens with zero attached hydrogens (tertiary/aromatic N) is 1. The first-order valence-electron chi connectivity index (χ1n) is 6.10. The number of aromatic carboxylic acids is 1. The molecule has 1 aromatic carbocycles. The molecule has 20 heavy (non-hydrogen) atoms. The highest BCUT2D eigenvalue weighted by Gasteiger charge is 2.23. The van der Waals surface area contributed by atoms with Crippen molar-refractivity contribution in [1.82, 2.24) is 14.8 Å². The summed E-state index contributed by atoms with van der Waals surface area (Å²) in [4.78, 5) is 23.3. The number of carboxylic acids is 1. The number of nitrogens with one attached hydrogen (secondary N) is 2. The Bertz CT molecular complexity index is 883. The quantitative estimate of drug-likeness (QED) is 0.664. The highest BCUT2D eigenvalue weighted by atomic mass is 16.4. The van der Waals surface area contributed by atoms with E-state index in [0.29, 0.717) is 5.56 Å². The van der Waals surface area contributed by atoms with Crippen LogP contribution in [0.3, 0.4) is 0 Å². The third-order valence-corrected chi connectivity index (χ3v) is 3.64. The van der Waals surface area contributed by atoms with E-state index in [9.17, 15) is 14.7 Å². The molecule has 0 radical (unpaired) electrons. The summed E-state index contributed by atoms with van der Waals surface area (Å²) in [5.41, 5.74) is 2.09. The average molecular weight is 271 g/mol. The van der Waals surface area contributed by atoms with E-state index >= 15 is 0 Å². The van der Waals surface area contributed by atoms with Crippen LogP contribution in [0.4, 0.5) is 0 Å². The van der Waals surface area contributed by atoms with Crippen molar-refractivity contribution >= 4 is 16.9 Å². The molecular weight excluding hydrogens is 258 g/mol. The summed E-state index contributed by atoms with van der Waals surface area (Å²) in [6, 6.07) is 7.60. The van der Waals surface area contributed by atoms with Crippen LogP contribution < -0.4 is 5.56 Å². The molecule has 0 fully saturated rings. The normalized spacial score (nSPS) is 11.1. The van der Waals surface area contributed by atoms with Gasteiger partial charge < -0.3 is 9.67 Å². The lowest BCUT2D eigenvalue weighted by atomic mass is 10.0. The molecular formula is C14H13N3O3. The minimum atomic E-state index is -1.16. The van der Waals surface area contributed by atoms with Crippen LogP contribution in [-0.2, 0) is 7.05 Å². The van der Waals surface area contributed by atoms with E-state index in [4.69, 9.17) is 0 Å². The number of benzene rings is 1. The van der Waals surface area contributed by atoms with Crippen LogP contribution in [0.25, 0.3) is 22.0 Å². The molecule has 3 N–H and O–H groups in total. The molecule has 3 aromatic rings. The van der Waals surface area contributed by atoms with E-state index in [2.05, 4.69) is 10.2 Å². The van der Waals surface area contributed by atoms with Crippen molar-refractivity contribution < 1.29 is 9.90 Å². The molecule has 0 saturated carbocycles. The molecule has 0 amide bonds. The fourth-order valence-electron chi connectivity index (χ4n) is 2.59. The Morgan fingerprint density at radius 1 is 1.20 bits per heavy atom. The van der Waals surface area contributed by atoms with Crippen molar-refractivity contribution in [2.24, 2.45) is 7.05 Å². The van der Waals surface area contributed by atoms with Crippen LogP contribution in [-0.4, -0.2) is 25.8 Å². The SMILES string of the molecule is Cc1c(-c2c(C(=O)O)[nH][nH]c2=O)c2ccccc2n1C. The van der Waals surface area contributed by atoms with Gasteiger partial charge in [0.05, 0.1) is 5.56 Å². The topological polar surface area (TPSA) is 90.9 Å². The molecule has 102 valence electrons. The van der Waals surface area contributed by atoms with Crippen molar-refractivity contribution in [1.29, 1.82) is 0 Å². The second-order valence-corrected chi connectivity index (χ2v) is 4.67. The summed E-state index contributed by atoms with van der Waals surface area (Å²) in [5, 5.41) is 14.8. The van der Waals surface area contributed by atoms with Crippen LogP contribution in [0, 0.1) is 6.92 Å². The van der Waals surface area contributed by atoms with Gasteiger partial charge in [-0.3, -0.25) is 15.0 Å². The number of aryl methyl sites for hydroxylation is 1. The van der Waals surface area contributed by atoms with E-state index in [1.54, 1.807) is 0 Å². The predicted octanol–water partition coefficient (Wildman–Crippen LogP) is 1.87. The first-order chi connectivity index (χ1) is 9.52. The first-order valence-corrected chi connectivity index (χ1v) is 6.10. The second-order valence-electron chi connectivity index (χ2n) is 4.67. The Morgan fingerprint density at radius 3 is 2.60 bits per heavy atom. The lowest BCUT2D eigenvalue weighted by Gasteiger charge is -2.00. The highest BCUT2D eigenvalue weighted by Crippen LogP contribution is 2.33. The van der Waals surface area contributed by atoms with Gasteiger partial charge in [-0.1, -0.05) is 18.2 Å². The minimum absolute atomic E-state index is 0.116. The summed E-state index contributed by atoms with van der Waals surface area (Å²) in [7, 11) is 1.89. The average Bonchev–Trinajstić information content (AvgIpc) is 2.91. The van der Waals surface area contributed by atoms with Crippen LogP contribution >= 0.6 is 0 Å². The number of fused-ring (bicyclic) bond motifs is 1. The number of carbonyl (C=O) groups is 1. The van der Waals surface area contributed by atoms with Gasteiger partial charge in [0.25, 0.3) is 5.56 Å². The fourth-order valence-corrected chi connectivity index (χ4v) is 2.59. The number of hydrogen-bond acceptors (Lipinski definition) is 2. The standard InChI is InChI=1S/C14H13N3O3/c1-7-10(8-5-3-4-6-9(8)17(7)2)11-12(14(19)20)15-16-13(11)18/h3-6H,1-2H3,(H,19,20)(H2,15,16,18). The van der Waals surface area contributed by atoms with Crippen molar-refractivity contribution in [3.05, 3.63) is 46.0 Å². The molecule has 3 rings (SSSR count). The van der Waals surface area contributed by atoms with Gasteiger partial charge in [0, 0.05) is 29.2 Å². The Morgan fingerprint density at radius 2 is 1.90 bits per heavy atom. The molecule has 2 aromatic heterocycles. The Labute approximate surface area is 113 Å². The Kier molecular flexibility index (Phi) is 2.53. The lowest BCUT2D eigenvalue weighted by molar-refractivity contribution is 0.0691. The van der Waals surface area contributed by atoms with E-state index in [-0.39, 0.29) is 11.3 Å². The molecule has 6 heteroatoms. The zero-order valence-electron chi connectivity index (χ0n) is 11.0. The predicted molar refractivity (Wildman–Crippen MR) is 75.0 cm³/mol. The van der Waals surface area contributed by atoms with Gasteiger partial charge in [0.1, 0.15) is 0 Å². The van der Waals surface area contributed by atoms with Crippen molar-refractivity contribution in [3.8, 4) is 11.1 Å². The number of carboxylic acid groups (broad SMARTS) is 1. The molecule has 0 aliphatic carbocycles. The second kappa shape index (κ2) is 4.12. The summed E-state index contributed by atoms with van der Waals surface area (Å²) in [6.45, 7) is 1.87. The zero-order valence-corrected chi connectivity index (χ0v) is 11.0. The van der Waals surface area contributed by atoms with Gasteiger partial charge in [-0.2, -0.15) is 0 Å². The van der Waals surface area contributed by atoms with Gasteiger partial charge in [-0.05, 0) is 13.0 Å². The molecule has 0 unspecified atom stereocenters. The third-order valence-electron chi connectivity index (χ3n) is 3.64. The van der Waals surface area contributed by atoms with Crippen LogP contribution in [0.5, 0.6) is 0 Å². The molecule has 0 spiro atoms. The Balaban J connectivity index is 2.48. The summed E-state index contributed by atoms with van der Waals surface area (Å²) < 4.78 is 1.95. The maximum atomic E-state index is 12.0. The van der Waals surface area contributed by atoms with E-state index < -0.39 is 11.5 Å². The summed E-state index contributed by atoms with van der Waals surface area (Å²) >= 11 is 0. The molecule has 0 aliphatic heterocycles. The molecule has 0 bridgehead atoms. The number of aromatic nitrogens is 3. The monoisotopic (exact) mass is 271 g/mol. The number of H-pyrrole nitrogens is 2. The van der Waals surface area contributed by atoms with Crippen LogP contribution in [0.2, 0.25) is 0 Å². The first kappa shape index (κ1) is 12.3. The fraction of sp³-hybridized carbons (Fsp3) is 0.143. The molecule has 2 heterocycles. The van der Waals surface area contributed by atoms with Gasteiger partial charge >= 0.3 is 5.97 Å². The largest absolute Gasteiger partial charge is 0.477 e. The summed E-state index contributed by atoms with van der Waals surface area (Å²) in [5.74, 6) is -1.16. The third kappa shape index (κ3) is 1.51.